The second-order valence-corrected chi connectivity index (χ2v) is 9.39. The maximum absolute atomic E-state index is 12.7. The van der Waals surface area contributed by atoms with Crippen molar-refractivity contribution >= 4 is 15.7 Å². The molecule has 0 radical (unpaired) electrons. The van der Waals surface area contributed by atoms with Crippen LogP contribution in [0.15, 0.2) is 30.3 Å². The third kappa shape index (κ3) is 5.03. The maximum Gasteiger partial charge on any atom is 0.225 e. The molecule has 2 aliphatic heterocycles. The molecule has 1 aromatic rings. The molecule has 0 aromatic heterocycles. The van der Waals surface area contributed by atoms with Crippen LogP contribution < -0.4 is 0 Å². The van der Waals surface area contributed by atoms with E-state index in [1.165, 1.54) is 5.56 Å². The molecule has 2 aliphatic rings. The monoisotopic (exact) mass is 366 g/mol. The van der Waals surface area contributed by atoms with E-state index in [0.29, 0.717) is 39.0 Å². The molecule has 0 aliphatic carbocycles. The average Bonchev–Trinajstić information content (AvgIpc) is 2.76. The lowest BCUT2D eigenvalue weighted by Gasteiger charge is -2.29. The number of amides is 1. The Morgan fingerprint density at radius 2 is 1.76 bits per heavy atom. The molecule has 1 aromatic carbocycles. The molecular formula is C18H26N2O4S. The number of aliphatic hydroxyl groups excluding tert-OH is 1. The van der Waals surface area contributed by atoms with E-state index in [1.54, 1.807) is 4.90 Å². The number of sulfone groups is 1. The van der Waals surface area contributed by atoms with Crippen LogP contribution in [-0.2, 0) is 21.2 Å². The van der Waals surface area contributed by atoms with Crippen molar-refractivity contribution in [2.45, 2.75) is 25.5 Å². The zero-order valence-corrected chi connectivity index (χ0v) is 15.2. The van der Waals surface area contributed by atoms with Gasteiger partial charge in [-0.2, -0.15) is 0 Å². The van der Waals surface area contributed by atoms with E-state index in [0.717, 1.165) is 6.54 Å². The molecule has 3 rings (SSSR count). The summed E-state index contributed by atoms with van der Waals surface area (Å²) in [5.74, 6) is -0.0354. The predicted molar refractivity (Wildman–Crippen MR) is 95.7 cm³/mol. The van der Waals surface area contributed by atoms with Crippen molar-refractivity contribution in [2.24, 2.45) is 5.92 Å². The first-order valence-electron chi connectivity index (χ1n) is 8.86. The Bertz CT molecular complexity index is 678. The minimum absolute atomic E-state index is 0.00416. The van der Waals surface area contributed by atoms with Gasteiger partial charge in [0.15, 0.2) is 0 Å². The Labute approximate surface area is 149 Å². The van der Waals surface area contributed by atoms with Crippen LogP contribution in [0, 0.1) is 5.92 Å². The van der Waals surface area contributed by atoms with Gasteiger partial charge in [0.2, 0.25) is 5.91 Å². The minimum atomic E-state index is -2.97. The van der Waals surface area contributed by atoms with Gasteiger partial charge < -0.3 is 10.0 Å². The molecule has 0 bridgehead atoms. The van der Waals surface area contributed by atoms with E-state index in [4.69, 9.17) is 0 Å². The van der Waals surface area contributed by atoms with E-state index in [2.05, 4.69) is 17.0 Å². The average molecular weight is 366 g/mol. The van der Waals surface area contributed by atoms with Crippen molar-refractivity contribution in [3.8, 4) is 0 Å². The van der Waals surface area contributed by atoms with E-state index in [9.17, 15) is 18.3 Å². The number of β-amino-alcohol motifs (C(OH)–C–C–N with tert-alkyl or cyclic N) is 1. The van der Waals surface area contributed by atoms with Crippen molar-refractivity contribution in [2.75, 3.05) is 37.7 Å². The van der Waals surface area contributed by atoms with Crippen molar-refractivity contribution in [3.05, 3.63) is 35.9 Å². The van der Waals surface area contributed by atoms with Crippen molar-refractivity contribution < 1.29 is 18.3 Å². The van der Waals surface area contributed by atoms with Gasteiger partial charge in [-0.25, -0.2) is 8.42 Å². The van der Waals surface area contributed by atoms with Gasteiger partial charge >= 0.3 is 0 Å². The second kappa shape index (κ2) is 7.85. The number of hydrogen-bond acceptors (Lipinski definition) is 5. The molecule has 0 saturated carbocycles. The van der Waals surface area contributed by atoms with E-state index in [1.807, 2.05) is 18.2 Å². The van der Waals surface area contributed by atoms with Crippen LogP contribution in [0.1, 0.15) is 18.4 Å². The largest absolute Gasteiger partial charge is 0.390 e. The fourth-order valence-corrected chi connectivity index (χ4v) is 5.13. The number of rotatable bonds is 3. The number of aliphatic hydroxyl groups is 1. The summed E-state index contributed by atoms with van der Waals surface area (Å²) in [5, 5.41) is 10.3. The number of carbonyl (C=O) groups is 1. The second-order valence-electron chi connectivity index (χ2n) is 7.08. The Kier molecular flexibility index (Phi) is 5.76. The van der Waals surface area contributed by atoms with E-state index < -0.39 is 15.9 Å². The standard InChI is InChI=1S/C18H26N2O4S/c21-17-13-19(12-15-4-2-1-3-5-15)8-9-20(14-17)18(22)16-6-10-25(23,24)11-7-16/h1-5,16-17,21H,6-14H2/t17-/m1/s1. The first-order chi connectivity index (χ1) is 11.9. The van der Waals surface area contributed by atoms with Gasteiger partial charge in [0.25, 0.3) is 0 Å². The van der Waals surface area contributed by atoms with Gasteiger partial charge in [-0.05, 0) is 18.4 Å². The Morgan fingerprint density at radius 3 is 2.44 bits per heavy atom. The van der Waals surface area contributed by atoms with Crippen molar-refractivity contribution in [1.82, 2.24) is 9.80 Å². The van der Waals surface area contributed by atoms with Gasteiger partial charge in [0.05, 0.1) is 17.6 Å². The molecule has 6 nitrogen and oxygen atoms in total. The fourth-order valence-electron chi connectivity index (χ4n) is 3.64. The van der Waals surface area contributed by atoms with Crippen molar-refractivity contribution in [3.63, 3.8) is 0 Å². The first kappa shape index (κ1) is 18.4. The van der Waals surface area contributed by atoms with Crippen LogP contribution >= 0.6 is 0 Å². The fraction of sp³-hybridized carbons (Fsp3) is 0.611. The summed E-state index contributed by atoms with van der Waals surface area (Å²) in [6, 6.07) is 10.1. The normalized spacial score (nSPS) is 25.5. The quantitative estimate of drug-likeness (QED) is 0.844. The van der Waals surface area contributed by atoms with Gasteiger partial charge in [-0.3, -0.25) is 9.69 Å². The molecule has 1 N–H and O–H groups in total. The molecule has 2 fully saturated rings. The maximum atomic E-state index is 12.7. The highest BCUT2D eigenvalue weighted by atomic mass is 32.2. The molecule has 7 heteroatoms. The number of benzene rings is 1. The SMILES string of the molecule is O=C(C1CCS(=O)(=O)CC1)N1CCN(Cc2ccccc2)C[C@@H](O)C1. The van der Waals surface area contributed by atoms with E-state index >= 15 is 0 Å². The van der Waals surface area contributed by atoms with Crippen LogP contribution in [0.25, 0.3) is 0 Å². The lowest BCUT2D eigenvalue weighted by atomic mass is 10.0. The summed E-state index contributed by atoms with van der Waals surface area (Å²) in [6.45, 7) is 2.90. The van der Waals surface area contributed by atoms with Crippen molar-refractivity contribution in [1.29, 1.82) is 0 Å². The topological polar surface area (TPSA) is 77.9 Å². The smallest absolute Gasteiger partial charge is 0.225 e. The third-order valence-corrected chi connectivity index (χ3v) is 6.77. The molecule has 2 heterocycles. The predicted octanol–water partition coefficient (Wildman–Crippen LogP) is 0.516. The molecule has 0 unspecified atom stereocenters. The Hall–Kier alpha value is -1.44. The van der Waals surface area contributed by atoms with Crippen LogP contribution in [0.2, 0.25) is 0 Å². The molecule has 0 spiro atoms. The highest BCUT2D eigenvalue weighted by molar-refractivity contribution is 7.91. The minimum Gasteiger partial charge on any atom is -0.390 e. The summed E-state index contributed by atoms with van der Waals surface area (Å²) < 4.78 is 23.1. The summed E-state index contributed by atoms with van der Waals surface area (Å²) in [7, 11) is -2.97. The molecule has 25 heavy (non-hydrogen) atoms. The van der Waals surface area contributed by atoms with Crippen LogP contribution in [0.4, 0.5) is 0 Å². The van der Waals surface area contributed by atoms with Gasteiger partial charge in [0.1, 0.15) is 9.84 Å². The summed E-state index contributed by atoms with van der Waals surface area (Å²) >= 11 is 0. The number of hydrogen-bond donors (Lipinski definition) is 1. The summed E-state index contributed by atoms with van der Waals surface area (Å²) in [6.07, 6.45) is 0.227. The molecule has 138 valence electrons. The van der Waals surface area contributed by atoms with Crippen LogP contribution in [-0.4, -0.2) is 73.0 Å². The molecule has 1 amide bonds. The third-order valence-electron chi connectivity index (χ3n) is 5.05. The lowest BCUT2D eigenvalue weighted by molar-refractivity contribution is -0.136. The molecule has 1 atom stereocenters. The Balaban J connectivity index is 1.58. The zero-order chi connectivity index (χ0) is 17.9. The van der Waals surface area contributed by atoms with Crippen LogP contribution in [0.5, 0.6) is 0 Å². The zero-order valence-electron chi connectivity index (χ0n) is 14.4. The Morgan fingerprint density at radius 1 is 1.08 bits per heavy atom. The molecular weight excluding hydrogens is 340 g/mol. The number of nitrogens with zero attached hydrogens (tertiary/aromatic N) is 2. The lowest BCUT2D eigenvalue weighted by Crippen LogP contribution is -2.43. The highest BCUT2D eigenvalue weighted by Gasteiger charge is 2.33. The van der Waals surface area contributed by atoms with Gasteiger partial charge in [0, 0.05) is 38.6 Å². The van der Waals surface area contributed by atoms with Gasteiger partial charge in [-0.1, -0.05) is 30.3 Å². The van der Waals surface area contributed by atoms with Gasteiger partial charge in [-0.15, -0.1) is 0 Å². The first-order valence-corrected chi connectivity index (χ1v) is 10.7. The summed E-state index contributed by atoms with van der Waals surface area (Å²) in [4.78, 5) is 16.6. The summed E-state index contributed by atoms with van der Waals surface area (Å²) in [5.41, 5.74) is 1.19. The van der Waals surface area contributed by atoms with E-state index in [-0.39, 0.29) is 23.3 Å². The highest BCUT2D eigenvalue weighted by Crippen LogP contribution is 2.22. The number of carbonyl (C=O) groups excluding carboxylic acids is 1. The van der Waals surface area contributed by atoms with Crippen LogP contribution in [0.3, 0.4) is 0 Å². The molecule has 2 saturated heterocycles.